The van der Waals surface area contributed by atoms with Crippen molar-refractivity contribution in [2.45, 2.75) is 53.1 Å². The summed E-state index contributed by atoms with van der Waals surface area (Å²) in [6.07, 6.45) is 0. The van der Waals surface area contributed by atoms with E-state index in [4.69, 9.17) is 0 Å². The van der Waals surface area contributed by atoms with Crippen LogP contribution in [0.25, 0.3) is 0 Å². The lowest BCUT2D eigenvalue weighted by molar-refractivity contribution is 0.0944. The van der Waals surface area contributed by atoms with E-state index in [1.807, 2.05) is 13.8 Å². The van der Waals surface area contributed by atoms with Gasteiger partial charge in [-0.25, -0.2) is 9.97 Å². The van der Waals surface area contributed by atoms with Gasteiger partial charge >= 0.3 is 0 Å². The quantitative estimate of drug-likeness (QED) is 0.738. The minimum absolute atomic E-state index is 0.265. The number of nitrogens with one attached hydrogen (secondary N) is 2. The van der Waals surface area contributed by atoms with Gasteiger partial charge in [0.1, 0.15) is 17.5 Å². The van der Waals surface area contributed by atoms with Crippen molar-refractivity contribution >= 4 is 11.6 Å². The average Bonchev–Trinajstić information content (AvgIpc) is 2.29. The number of hydrogen-bond donors (Lipinski definition) is 3. The van der Waals surface area contributed by atoms with E-state index in [0.29, 0.717) is 6.54 Å². The van der Waals surface area contributed by atoms with Crippen LogP contribution in [0.5, 0.6) is 0 Å². The molecule has 108 valence electrons. The van der Waals surface area contributed by atoms with Gasteiger partial charge < -0.3 is 15.7 Å². The summed E-state index contributed by atoms with van der Waals surface area (Å²) >= 11 is 0. The summed E-state index contributed by atoms with van der Waals surface area (Å²) in [7, 11) is 0. The minimum atomic E-state index is -0.770. The van der Waals surface area contributed by atoms with E-state index in [1.165, 1.54) is 0 Å². The molecule has 0 spiro atoms. The molecule has 0 atom stereocenters. The van der Waals surface area contributed by atoms with Crippen LogP contribution in [0, 0.1) is 6.92 Å². The van der Waals surface area contributed by atoms with Gasteiger partial charge in [-0.15, -0.1) is 0 Å². The molecule has 0 amide bonds. The second kappa shape index (κ2) is 6.19. The Balaban J connectivity index is 3.07. The highest BCUT2D eigenvalue weighted by atomic mass is 16.3. The Hall–Kier alpha value is -1.36. The lowest BCUT2D eigenvalue weighted by atomic mass is 10.1. The first kappa shape index (κ1) is 15.7. The van der Waals surface area contributed by atoms with Gasteiger partial charge in [0.15, 0.2) is 0 Å². The first-order valence-corrected chi connectivity index (χ1v) is 6.83. The second-order valence-electron chi connectivity index (χ2n) is 5.76. The monoisotopic (exact) mass is 266 g/mol. The fourth-order valence-electron chi connectivity index (χ4n) is 1.60. The summed E-state index contributed by atoms with van der Waals surface area (Å²) in [5, 5.41) is 16.3. The molecule has 0 radical (unpaired) electrons. The Labute approximate surface area is 115 Å². The normalized spacial score (nSPS) is 11.8. The van der Waals surface area contributed by atoms with Crippen molar-refractivity contribution in [3.63, 3.8) is 0 Å². The first-order valence-electron chi connectivity index (χ1n) is 6.83. The molecule has 1 rings (SSSR count). The van der Waals surface area contributed by atoms with Gasteiger partial charge in [0.2, 0.25) is 0 Å². The molecule has 19 heavy (non-hydrogen) atoms. The molecule has 0 bridgehead atoms. The van der Waals surface area contributed by atoms with Gasteiger partial charge in [0.05, 0.1) is 5.60 Å². The summed E-state index contributed by atoms with van der Waals surface area (Å²) in [6, 6.07) is 0. The molecule has 5 nitrogen and oxygen atoms in total. The molecule has 1 heterocycles. The van der Waals surface area contributed by atoms with Crippen LogP contribution in [0.3, 0.4) is 0 Å². The van der Waals surface area contributed by atoms with E-state index in [9.17, 15) is 5.11 Å². The van der Waals surface area contributed by atoms with Gasteiger partial charge in [0, 0.05) is 24.6 Å². The molecule has 0 fully saturated rings. The van der Waals surface area contributed by atoms with E-state index in [-0.39, 0.29) is 5.92 Å². The molecule has 0 aliphatic carbocycles. The van der Waals surface area contributed by atoms with E-state index in [0.717, 1.165) is 29.6 Å². The molecule has 0 aliphatic heterocycles. The Morgan fingerprint density at radius 3 is 2.11 bits per heavy atom. The molecular weight excluding hydrogens is 240 g/mol. The van der Waals surface area contributed by atoms with Gasteiger partial charge in [-0.3, -0.25) is 0 Å². The van der Waals surface area contributed by atoms with Crippen LogP contribution in [0.15, 0.2) is 0 Å². The Morgan fingerprint density at radius 2 is 1.68 bits per heavy atom. The van der Waals surface area contributed by atoms with E-state index >= 15 is 0 Å². The van der Waals surface area contributed by atoms with Crippen LogP contribution >= 0.6 is 0 Å². The Bertz CT molecular complexity index is 424. The summed E-state index contributed by atoms with van der Waals surface area (Å²) in [5.41, 5.74) is 0.212. The molecule has 5 heteroatoms. The topological polar surface area (TPSA) is 70.1 Å². The predicted molar refractivity (Wildman–Crippen MR) is 79.8 cm³/mol. The van der Waals surface area contributed by atoms with Crippen molar-refractivity contribution in [1.29, 1.82) is 0 Å². The number of anilines is 2. The largest absolute Gasteiger partial charge is 0.389 e. The summed E-state index contributed by atoms with van der Waals surface area (Å²) in [4.78, 5) is 9.09. The Morgan fingerprint density at radius 1 is 1.16 bits per heavy atom. The maximum Gasteiger partial charge on any atom is 0.135 e. The molecule has 0 unspecified atom stereocenters. The Kier molecular flexibility index (Phi) is 5.11. The third kappa shape index (κ3) is 4.67. The SMILES string of the molecule is CCNc1nc(C(C)C)nc(NCC(C)(C)O)c1C. The maximum atomic E-state index is 9.80. The fourth-order valence-corrected chi connectivity index (χ4v) is 1.60. The maximum absolute atomic E-state index is 9.80. The van der Waals surface area contributed by atoms with Crippen molar-refractivity contribution in [1.82, 2.24) is 9.97 Å². The molecule has 0 aliphatic rings. The molecule has 0 saturated heterocycles. The van der Waals surface area contributed by atoms with Crippen LogP contribution in [-0.2, 0) is 0 Å². The molecule has 3 N–H and O–H groups in total. The number of rotatable bonds is 6. The van der Waals surface area contributed by atoms with Crippen LogP contribution in [0.4, 0.5) is 11.6 Å². The van der Waals surface area contributed by atoms with Crippen molar-refractivity contribution in [2.24, 2.45) is 0 Å². The summed E-state index contributed by atoms with van der Waals surface area (Å²) in [5.74, 6) is 2.72. The average molecular weight is 266 g/mol. The van der Waals surface area contributed by atoms with Crippen LogP contribution in [-0.4, -0.2) is 33.8 Å². The second-order valence-corrected chi connectivity index (χ2v) is 5.76. The van der Waals surface area contributed by atoms with Gasteiger partial charge in [0.25, 0.3) is 0 Å². The van der Waals surface area contributed by atoms with Crippen molar-refractivity contribution in [3.05, 3.63) is 11.4 Å². The summed E-state index contributed by atoms with van der Waals surface area (Å²) < 4.78 is 0. The van der Waals surface area contributed by atoms with Crippen molar-refractivity contribution in [3.8, 4) is 0 Å². The molecule has 0 saturated carbocycles. The van der Waals surface area contributed by atoms with Crippen LogP contribution < -0.4 is 10.6 Å². The minimum Gasteiger partial charge on any atom is -0.389 e. The van der Waals surface area contributed by atoms with Gasteiger partial charge in [-0.05, 0) is 27.7 Å². The number of nitrogens with zero attached hydrogens (tertiary/aromatic N) is 2. The predicted octanol–water partition coefficient (Wildman–Crippen LogP) is 2.52. The third-order valence-corrected chi connectivity index (χ3v) is 2.71. The zero-order valence-corrected chi connectivity index (χ0v) is 12.8. The van der Waals surface area contributed by atoms with Crippen LogP contribution in [0.1, 0.15) is 51.9 Å². The lowest BCUT2D eigenvalue weighted by Crippen LogP contribution is -2.30. The first-order chi connectivity index (χ1) is 8.74. The van der Waals surface area contributed by atoms with Gasteiger partial charge in [-0.1, -0.05) is 13.8 Å². The van der Waals surface area contributed by atoms with E-state index in [2.05, 4.69) is 34.4 Å². The highest BCUT2D eigenvalue weighted by molar-refractivity contribution is 5.57. The fraction of sp³-hybridized carbons (Fsp3) is 0.714. The standard InChI is InChI=1S/C14H26N4O/c1-7-15-12-10(4)13(16-8-14(5,6)19)18-11(17-12)9(2)3/h9,19H,7-8H2,1-6H3,(H2,15,16,17,18). The molecular formula is C14H26N4O. The zero-order valence-electron chi connectivity index (χ0n) is 12.8. The number of aliphatic hydroxyl groups is 1. The molecule has 1 aromatic rings. The van der Waals surface area contributed by atoms with E-state index in [1.54, 1.807) is 13.8 Å². The van der Waals surface area contributed by atoms with Gasteiger partial charge in [-0.2, -0.15) is 0 Å². The van der Waals surface area contributed by atoms with Crippen molar-refractivity contribution < 1.29 is 5.11 Å². The molecule has 0 aromatic carbocycles. The van der Waals surface area contributed by atoms with Crippen molar-refractivity contribution in [2.75, 3.05) is 23.7 Å². The van der Waals surface area contributed by atoms with E-state index < -0.39 is 5.60 Å². The molecule has 1 aromatic heterocycles. The number of aromatic nitrogens is 2. The highest BCUT2D eigenvalue weighted by Gasteiger charge is 2.16. The lowest BCUT2D eigenvalue weighted by Gasteiger charge is -2.21. The smallest absolute Gasteiger partial charge is 0.135 e. The third-order valence-electron chi connectivity index (χ3n) is 2.71. The number of hydrogen-bond acceptors (Lipinski definition) is 5. The highest BCUT2D eigenvalue weighted by Crippen LogP contribution is 2.23. The zero-order chi connectivity index (χ0) is 14.6. The van der Waals surface area contributed by atoms with Crippen LogP contribution in [0.2, 0.25) is 0 Å². The summed E-state index contributed by atoms with van der Waals surface area (Å²) in [6.45, 7) is 13.0.